The standard InChI is InChI=1S/C17H25FN2O/c1-4-5-6-15-17(21)20(11-12(2)3)16(19-15)13-7-9-14(18)10-8-13/h7-10,12,15-16,19H,4-6,11H2,1-3H3. The third-order valence-corrected chi connectivity index (χ3v) is 3.85. The minimum Gasteiger partial charge on any atom is -0.321 e. The fourth-order valence-corrected chi connectivity index (χ4v) is 2.80. The van der Waals surface area contributed by atoms with Gasteiger partial charge in [0.1, 0.15) is 12.0 Å². The summed E-state index contributed by atoms with van der Waals surface area (Å²) < 4.78 is 13.1. The molecule has 0 aromatic heterocycles. The second-order valence-corrected chi connectivity index (χ2v) is 6.20. The van der Waals surface area contributed by atoms with Crippen molar-refractivity contribution >= 4 is 5.91 Å². The quantitative estimate of drug-likeness (QED) is 0.870. The normalized spacial score (nSPS) is 22.3. The second-order valence-electron chi connectivity index (χ2n) is 6.20. The molecule has 2 unspecified atom stereocenters. The van der Waals surface area contributed by atoms with Crippen molar-refractivity contribution in [2.75, 3.05) is 6.54 Å². The van der Waals surface area contributed by atoms with E-state index in [-0.39, 0.29) is 23.9 Å². The summed E-state index contributed by atoms with van der Waals surface area (Å²) in [5.74, 6) is 0.330. The van der Waals surface area contributed by atoms with Gasteiger partial charge in [-0.2, -0.15) is 0 Å². The highest BCUT2D eigenvalue weighted by Gasteiger charge is 2.39. The van der Waals surface area contributed by atoms with Gasteiger partial charge in [0.05, 0.1) is 6.04 Å². The third kappa shape index (κ3) is 3.82. The summed E-state index contributed by atoms with van der Waals surface area (Å²) in [4.78, 5) is 14.5. The maximum Gasteiger partial charge on any atom is 0.241 e. The number of benzene rings is 1. The molecule has 1 N–H and O–H groups in total. The highest BCUT2D eigenvalue weighted by molar-refractivity contribution is 5.84. The Kier molecular flexibility index (Phi) is 5.34. The average molecular weight is 292 g/mol. The highest BCUT2D eigenvalue weighted by Crippen LogP contribution is 2.28. The molecule has 1 aromatic carbocycles. The molecule has 1 heterocycles. The van der Waals surface area contributed by atoms with E-state index in [1.165, 1.54) is 12.1 Å². The molecule has 1 aliphatic rings. The molecule has 21 heavy (non-hydrogen) atoms. The first kappa shape index (κ1) is 16.0. The number of carbonyl (C=O) groups excluding carboxylic acids is 1. The lowest BCUT2D eigenvalue weighted by atomic mass is 10.1. The molecule has 4 heteroatoms. The molecule has 2 atom stereocenters. The first-order valence-electron chi connectivity index (χ1n) is 7.85. The fraction of sp³-hybridized carbons (Fsp3) is 0.588. The van der Waals surface area contributed by atoms with E-state index in [2.05, 4.69) is 26.1 Å². The Balaban J connectivity index is 2.19. The minimum absolute atomic E-state index is 0.112. The lowest BCUT2D eigenvalue weighted by molar-refractivity contribution is -0.130. The summed E-state index contributed by atoms with van der Waals surface area (Å²) in [6.45, 7) is 7.06. The molecular weight excluding hydrogens is 267 g/mol. The molecule has 0 spiro atoms. The van der Waals surface area contributed by atoms with Gasteiger partial charge in [0.15, 0.2) is 0 Å². The Morgan fingerprint density at radius 1 is 1.29 bits per heavy atom. The van der Waals surface area contributed by atoms with E-state index in [1.807, 2.05) is 4.90 Å². The molecule has 0 bridgehead atoms. The number of carbonyl (C=O) groups is 1. The van der Waals surface area contributed by atoms with E-state index in [4.69, 9.17) is 0 Å². The van der Waals surface area contributed by atoms with Gasteiger partial charge in [-0.1, -0.05) is 45.7 Å². The summed E-state index contributed by atoms with van der Waals surface area (Å²) in [6, 6.07) is 6.31. The molecule has 1 saturated heterocycles. The number of nitrogens with zero attached hydrogens (tertiary/aromatic N) is 1. The van der Waals surface area contributed by atoms with Crippen LogP contribution in [-0.2, 0) is 4.79 Å². The third-order valence-electron chi connectivity index (χ3n) is 3.85. The van der Waals surface area contributed by atoms with Crippen LogP contribution in [-0.4, -0.2) is 23.4 Å². The van der Waals surface area contributed by atoms with Crippen LogP contribution in [0.4, 0.5) is 4.39 Å². The number of hydrogen-bond acceptors (Lipinski definition) is 2. The zero-order valence-corrected chi connectivity index (χ0v) is 13.1. The van der Waals surface area contributed by atoms with Crippen LogP contribution < -0.4 is 5.32 Å². The smallest absolute Gasteiger partial charge is 0.241 e. The highest BCUT2D eigenvalue weighted by atomic mass is 19.1. The summed E-state index contributed by atoms with van der Waals surface area (Å²) >= 11 is 0. The predicted octanol–water partition coefficient (Wildman–Crippen LogP) is 3.47. The van der Waals surface area contributed by atoms with Crippen molar-refractivity contribution in [2.45, 2.75) is 52.2 Å². The van der Waals surface area contributed by atoms with E-state index < -0.39 is 0 Å². The van der Waals surface area contributed by atoms with Crippen molar-refractivity contribution < 1.29 is 9.18 Å². The van der Waals surface area contributed by atoms with Crippen LogP contribution in [0.2, 0.25) is 0 Å². The summed E-state index contributed by atoms with van der Waals surface area (Å²) in [5, 5.41) is 3.42. The Labute approximate surface area is 126 Å². The van der Waals surface area contributed by atoms with E-state index in [1.54, 1.807) is 12.1 Å². The first-order valence-corrected chi connectivity index (χ1v) is 7.85. The number of amides is 1. The van der Waals surface area contributed by atoms with Crippen molar-refractivity contribution in [3.05, 3.63) is 35.6 Å². The Morgan fingerprint density at radius 2 is 1.95 bits per heavy atom. The fourth-order valence-electron chi connectivity index (χ4n) is 2.80. The molecular formula is C17H25FN2O. The van der Waals surface area contributed by atoms with Gasteiger partial charge < -0.3 is 4.90 Å². The molecule has 1 aliphatic heterocycles. The molecule has 2 rings (SSSR count). The van der Waals surface area contributed by atoms with Crippen molar-refractivity contribution in [3.8, 4) is 0 Å². The van der Waals surface area contributed by atoms with E-state index >= 15 is 0 Å². The van der Waals surface area contributed by atoms with Crippen molar-refractivity contribution in [1.29, 1.82) is 0 Å². The van der Waals surface area contributed by atoms with Crippen LogP contribution in [0.3, 0.4) is 0 Å². The zero-order chi connectivity index (χ0) is 15.4. The van der Waals surface area contributed by atoms with Crippen LogP contribution in [0.5, 0.6) is 0 Å². The largest absolute Gasteiger partial charge is 0.321 e. The summed E-state index contributed by atoms with van der Waals surface area (Å²) in [6.07, 6.45) is 2.84. The van der Waals surface area contributed by atoms with Gasteiger partial charge in [-0.05, 0) is 30.0 Å². The van der Waals surface area contributed by atoms with Gasteiger partial charge in [0.25, 0.3) is 0 Å². The van der Waals surface area contributed by atoms with E-state index in [9.17, 15) is 9.18 Å². The number of nitrogens with one attached hydrogen (secondary N) is 1. The number of halogens is 1. The molecule has 1 aromatic rings. The van der Waals surface area contributed by atoms with Gasteiger partial charge in [-0.15, -0.1) is 0 Å². The Hall–Kier alpha value is -1.42. The van der Waals surface area contributed by atoms with Gasteiger partial charge in [0.2, 0.25) is 5.91 Å². The lowest BCUT2D eigenvalue weighted by Gasteiger charge is -2.26. The monoisotopic (exact) mass is 292 g/mol. The minimum atomic E-state index is -0.249. The first-order chi connectivity index (χ1) is 10.0. The number of rotatable bonds is 6. The van der Waals surface area contributed by atoms with E-state index in [0.717, 1.165) is 31.4 Å². The van der Waals surface area contributed by atoms with Crippen molar-refractivity contribution in [2.24, 2.45) is 5.92 Å². The lowest BCUT2D eigenvalue weighted by Crippen LogP contribution is -2.34. The van der Waals surface area contributed by atoms with Gasteiger partial charge in [-0.25, -0.2) is 4.39 Å². The second kappa shape index (κ2) is 7.03. The van der Waals surface area contributed by atoms with Crippen LogP contribution in [0.15, 0.2) is 24.3 Å². The molecule has 1 amide bonds. The summed E-state index contributed by atoms with van der Waals surface area (Å²) in [5.41, 5.74) is 0.949. The topological polar surface area (TPSA) is 32.3 Å². The molecule has 0 radical (unpaired) electrons. The molecule has 3 nitrogen and oxygen atoms in total. The van der Waals surface area contributed by atoms with Crippen LogP contribution in [0.25, 0.3) is 0 Å². The Bertz CT molecular complexity index is 472. The van der Waals surface area contributed by atoms with Crippen LogP contribution >= 0.6 is 0 Å². The number of hydrogen-bond donors (Lipinski definition) is 1. The average Bonchev–Trinajstić information content (AvgIpc) is 2.74. The number of unbranched alkanes of at least 4 members (excludes halogenated alkanes) is 1. The zero-order valence-electron chi connectivity index (χ0n) is 13.1. The maximum atomic E-state index is 13.1. The molecule has 0 aliphatic carbocycles. The van der Waals surface area contributed by atoms with Gasteiger partial charge >= 0.3 is 0 Å². The molecule has 116 valence electrons. The van der Waals surface area contributed by atoms with Crippen molar-refractivity contribution in [3.63, 3.8) is 0 Å². The SMILES string of the molecule is CCCCC1NC(c2ccc(F)cc2)N(CC(C)C)C1=O. The van der Waals surface area contributed by atoms with E-state index in [0.29, 0.717) is 5.92 Å². The summed E-state index contributed by atoms with van der Waals surface area (Å²) in [7, 11) is 0. The van der Waals surface area contributed by atoms with Crippen LogP contribution in [0, 0.1) is 11.7 Å². The molecule has 0 saturated carbocycles. The van der Waals surface area contributed by atoms with Crippen molar-refractivity contribution in [1.82, 2.24) is 10.2 Å². The predicted molar refractivity (Wildman–Crippen MR) is 82.1 cm³/mol. The maximum absolute atomic E-state index is 13.1. The van der Waals surface area contributed by atoms with Gasteiger partial charge in [0, 0.05) is 6.54 Å². The van der Waals surface area contributed by atoms with Gasteiger partial charge in [-0.3, -0.25) is 10.1 Å². The van der Waals surface area contributed by atoms with Crippen LogP contribution in [0.1, 0.15) is 51.8 Å². The Morgan fingerprint density at radius 3 is 2.52 bits per heavy atom. The molecule has 1 fully saturated rings.